The van der Waals surface area contributed by atoms with E-state index in [1.165, 1.54) is 41.0 Å². The van der Waals surface area contributed by atoms with Crippen molar-refractivity contribution in [1.82, 2.24) is 10.3 Å². The summed E-state index contributed by atoms with van der Waals surface area (Å²) in [7, 11) is 1.59. The summed E-state index contributed by atoms with van der Waals surface area (Å²) in [5.41, 5.74) is 11.1. The molecule has 7 heteroatoms. The first kappa shape index (κ1) is 20.9. The summed E-state index contributed by atoms with van der Waals surface area (Å²) in [4.78, 5) is 21.6. The number of aryl methyl sites for hydroxylation is 1. The van der Waals surface area contributed by atoms with Gasteiger partial charge in [0.1, 0.15) is 4.83 Å². The number of nitrogens with zero attached hydrogens (tertiary/aromatic N) is 2. The van der Waals surface area contributed by atoms with Crippen LogP contribution in [-0.4, -0.2) is 43.1 Å². The van der Waals surface area contributed by atoms with E-state index in [-0.39, 0.29) is 5.78 Å². The third kappa shape index (κ3) is 3.87. The van der Waals surface area contributed by atoms with E-state index in [2.05, 4.69) is 33.4 Å². The van der Waals surface area contributed by atoms with Crippen LogP contribution < -0.4 is 20.7 Å². The van der Waals surface area contributed by atoms with Gasteiger partial charge in [0, 0.05) is 48.7 Å². The molecule has 33 heavy (non-hydrogen) atoms. The van der Waals surface area contributed by atoms with Crippen molar-refractivity contribution in [2.24, 2.45) is 5.92 Å². The number of piperazine rings is 1. The van der Waals surface area contributed by atoms with Gasteiger partial charge >= 0.3 is 0 Å². The highest BCUT2D eigenvalue weighted by molar-refractivity contribution is 7.21. The molecule has 1 aromatic carbocycles. The lowest BCUT2D eigenvalue weighted by atomic mass is 9.81. The van der Waals surface area contributed by atoms with Gasteiger partial charge in [-0.1, -0.05) is 6.07 Å². The van der Waals surface area contributed by atoms with Gasteiger partial charge in [0.15, 0.2) is 5.78 Å². The van der Waals surface area contributed by atoms with E-state index in [9.17, 15) is 4.79 Å². The van der Waals surface area contributed by atoms with E-state index in [1.54, 1.807) is 13.2 Å². The average Bonchev–Trinajstić information content (AvgIpc) is 3.36. The zero-order valence-electron chi connectivity index (χ0n) is 19.0. The number of ether oxygens (including phenoxy) is 1. The Morgan fingerprint density at radius 1 is 1.18 bits per heavy atom. The number of fused-ring (bicyclic) bond motifs is 4. The number of carbonyl (C=O) groups is 1. The van der Waals surface area contributed by atoms with Gasteiger partial charge in [-0.15, -0.1) is 11.3 Å². The van der Waals surface area contributed by atoms with Gasteiger partial charge in [-0.3, -0.25) is 4.79 Å². The second-order valence-corrected chi connectivity index (χ2v) is 10.8. The number of benzene rings is 1. The van der Waals surface area contributed by atoms with Gasteiger partial charge in [-0.05, 0) is 67.3 Å². The van der Waals surface area contributed by atoms with Crippen LogP contribution in [0, 0.1) is 5.92 Å². The second kappa shape index (κ2) is 8.29. The van der Waals surface area contributed by atoms with Crippen molar-refractivity contribution in [3.8, 4) is 5.88 Å². The van der Waals surface area contributed by atoms with E-state index >= 15 is 0 Å². The molecule has 2 fully saturated rings. The molecular formula is C26H30N4O2S. The van der Waals surface area contributed by atoms with E-state index in [0.29, 0.717) is 40.9 Å². The number of ketones is 1. The van der Waals surface area contributed by atoms with E-state index in [1.807, 2.05) is 6.07 Å². The third-order valence-corrected chi connectivity index (χ3v) is 8.76. The van der Waals surface area contributed by atoms with Crippen molar-refractivity contribution in [1.29, 1.82) is 0 Å². The number of carbonyl (C=O) groups excluding carboxylic acids is 1. The Kier molecular flexibility index (Phi) is 5.26. The Balaban J connectivity index is 1.15. The molecule has 0 spiro atoms. The topological polar surface area (TPSA) is 80.5 Å². The fourth-order valence-electron chi connectivity index (χ4n) is 5.85. The number of Topliss-reactive ketones (excluding diaryl/α,β-unsaturated/α-hetero) is 1. The van der Waals surface area contributed by atoms with Crippen molar-refractivity contribution in [2.45, 2.75) is 50.6 Å². The zero-order chi connectivity index (χ0) is 22.5. The first-order valence-electron chi connectivity index (χ1n) is 12.0. The van der Waals surface area contributed by atoms with Crippen molar-refractivity contribution in [3.05, 3.63) is 46.3 Å². The molecule has 6 rings (SSSR count). The van der Waals surface area contributed by atoms with Crippen LogP contribution in [-0.2, 0) is 12.8 Å². The molecule has 2 aliphatic heterocycles. The van der Waals surface area contributed by atoms with Crippen LogP contribution in [0.4, 0.5) is 11.4 Å². The number of nitrogens with one attached hydrogen (secondary N) is 1. The molecule has 2 saturated heterocycles. The van der Waals surface area contributed by atoms with Crippen LogP contribution in [0.1, 0.15) is 46.5 Å². The van der Waals surface area contributed by atoms with Crippen molar-refractivity contribution < 1.29 is 9.53 Å². The minimum Gasteiger partial charge on any atom is -0.481 e. The van der Waals surface area contributed by atoms with Crippen LogP contribution in [0.3, 0.4) is 0 Å². The lowest BCUT2D eigenvalue weighted by Gasteiger charge is -2.35. The van der Waals surface area contributed by atoms with E-state index in [0.717, 1.165) is 42.6 Å². The smallest absolute Gasteiger partial charge is 0.214 e. The molecule has 6 nitrogen and oxygen atoms in total. The summed E-state index contributed by atoms with van der Waals surface area (Å²) in [6.07, 6.45) is 6.19. The van der Waals surface area contributed by atoms with Crippen LogP contribution in [0.15, 0.2) is 30.3 Å². The molecule has 0 saturated carbocycles. The largest absolute Gasteiger partial charge is 0.481 e. The highest BCUT2D eigenvalue weighted by Gasteiger charge is 2.32. The van der Waals surface area contributed by atoms with E-state index in [4.69, 9.17) is 10.5 Å². The van der Waals surface area contributed by atoms with Gasteiger partial charge in [0.05, 0.1) is 17.7 Å². The monoisotopic (exact) mass is 462 g/mol. The van der Waals surface area contributed by atoms with Crippen molar-refractivity contribution in [2.75, 3.05) is 30.8 Å². The predicted molar refractivity (Wildman–Crippen MR) is 134 cm³/mol. The standard InChI is InChI=1S/C26H30N4O2S/c1-32-23-9-8-21-24(27)25(33-26(21)29-23)22(31)11-15-2-3-17-12-20(7-4-16(17)10-15)30-13-18-5-6-19(14-30)28-18/h4,7-9,12,15,18-19,28H,2-3,5-6,10-11,13-14,27H2,1H3/t15-,18?,19?/m1/s1. The average molecular weight is 463 g/mol. The van der Waals surface area contributed by atoms with Gasteiger partial charge in [-0.25, -0.2) is 4.98 Å². The van der Waals surface area contributed by atoms with Crippen LogP contribution in [0.5, 0.6) is 5.88 Å². The molecule has 3 N–H and O–H groups in total. The molecule has 1 aliphatic carbocycles. The number of pyridine rings is 1. The zero-order valence-corrected chi connectivity index (χ0v) is 19.8. The SMILES string of the molecule is COc1ccc2c(N)c(C(=O)C[C@@H]3CCc4cc(N5CC6CCC(C5)N6)ccc4C3)sc2n1. The third-order valence-electron chi connectivity index (χ3n) is 7.61. The molecular weight excluding hydrogens is 432 g/mol. The second-order valence-electron chi connectivity index (χ2n) is 9.78. The maximum Gasteiger partial charge on any atom is 0.214 e. The van der Waals surface area contributed by atoms with Gasteiger partial charge < -0.3 is 20.7 Å². The Morgan fingerprint density at radius 3 is 2.79 bits per heavy atom. The molecule has 2 aromatic heterocycles. The summed E-state index contributed by atoms with van der Waals surface area (Å²) >= 11 is 1.38. The summed E-state index contributed by atoms with van der Waals surface area (Å²) < 4.78 is 5.21. The Labute approximate surface area is 198 Å². The molecule has 172 valence electrons. The molecule has 0 radical (unpaired) electrons. The quantitative estimate of drug-likeness (QED) is 0.553. The van der Waals surface area contributed by atoms with E-state index < -0.39 is 0 Å². The maximum absolute atomic E-state index is 13.2. The number of hydrogen-bond acceptors (Lipinski definition) is 7. The Bertz CT molecular complexity index is 1210. The molecule has 0 amide bonds. The summed E-state index contributed by atoms with van der Waals surface area (Å²) in [6.45, 7) is 2.23. The molecule has 3 atom stereocenters. The van der Waals surface area contributed by atoms with Gasteiger partial charge in [0.2, 0.25) is 5.88 Å². The lowest BCUT2D eigenvalue weighted by molar-refractivity contribution is 0.0962. The van der Waals surface area contributed by atoms with Crippen molar-refractivity contribution in [3.63, 3.8) is 0 Å². The fourth-order valence-corrected chi connectivity index (χ4v) is 6.89. The number of anilines is 2. The van der Waals surface area contributed by atoms with Crippen LogP contribution in [0.2, 0.25) is 0 Å². The first-order chi connectivity index (χ1) is 16.1. The van der Waals surface area contributed by atoms with Gasteiger partial charge in [-0.2, -0.15) is 0 Å². The number of aromatic nitrogens is 1. The summed E-state index contributed by atoms with van der Waals surface area (Å²) in [5.74, 6) is 1.04. The number of nitrogens with two attached hydrogens (primary N) is 1. The summed E-state index contributed by atoms with van der Waals surface area (Å²) in [5, 5.41) is 4.56. The number of methoxy groups -OCH3 is 1. The van der Waals surface area contributed by atoms with Crippen molar-refractivity contribution >= 4 is 38.7 Å². The molecule has 3 aromatic rings. The van der Waals surface area contributed by atoms with Crippen LogP contribution >= 0.6 is 11.3 Å². The molecule has 3 aliphatic rings. The van der Waals surface area contributed by atoms with Gasteiger partial charge in [0.25, 0.3) is 0 Å². The Morgan fingerprint density at radius 2 is 2.00 bits per heavy atom. The highest BCUT2D eigenvalue weighted by atomic mass is 32.1. The fraction of sp³-hybridized carbons (Fsp3) is 0.462. The number of hydrogen-bond donors (Lipinski definition) is 2. The Hall–Kier alpha value is -2.64. The number of nitrogen functional groups attached to an aromatic ring is 1. The maximum atomic E-state index is 13.2. The normalized spacial score (nSPS) is 24.2. The molecule has 2 bridgehead atoms. The van der Waals surface area contributed by atoms with Crippen LogP contribution in [0.25, 0.3) is 10.2 Å². The molecule has 4 heterocycles. The molecule has 2 unspecified atom stereocenters. The minimum absolute atomic E-state index is 0.135. The number of thiophene rings is 1. The highest BCUT2D eigenvalue weighted by Crippen LogP contribution is 2.37. The minimum atomic E-state index is 0.135. The first-order valence-corrected chi connectivity index (χ1v) is 12.8. The lowest BCUT2D eigenvalue weighted by Crippen LogP contribution is -2.51. The summed E-state index contributed by atoms with van der Waals surface area (Å²) in [6, 6.07) is 12.0. The number of rotatable bonds is 5. The predicted octanol–water partition coefficient (Wildman–Crippen LogP) is 4.21.